The smallest absolute Gasteiger partial charge is 0.126 e. The lowest BCUT2D eigenvalue weighted by Gasteiger charge is -2.05. The Labute approximate surface area is 86.2 Å². The van der Waals surface area contributed by atoms with Crippen molar-refractivity contribution in [1.82, 2.24) is 0 Å². The zero-order valence-corrected chi connectivity index (χ0v) is 9.52. The molecule has 0 aliphatic heterocycles. The number of halogens is 1. The Kier molecular flexibility index (Phi) is 3.68. The van der Waals surface area contributed by atoms with Gasteiger partial charge in [0, 0.05) is 0 Å². The molecule has 0 saturated carbocycles. The van der Waals surface area contributed by atoms with Crippen molar-refractivity contribution in [3.8, 4) is 0 Å². The monoisotopic (exact) mass is 194 g/mol. The largest absolute Gasteiger partial charge is 0.207 e. The van der Waals surface area contributed by atoms with Gasteiger partial charge in [-0.3, -0.25) is 0 Å². The number of aryl methyl sites for hydroxylation is 1. The fourth-order valence-electron chi connectivity index (χ4n) is 2.02. The Morgan fingerprint density at radius 3 is 2.57 bits per heavy atom. The van der Waals surface area contributed by atoms with Crippen LogP contribution in [0.5, 0.6) is 0 Å². The second kappa shape index (κ2) is 4.59. The highest BCUT2D eigenvalue weighted by Crippen LogP contribution is 2.34. The maximum Gasteiger partial charge on any atom is 0.126 e. The molecule has 0 bridgehead atoms. The summed E-state index contributed by atoms with van der Waals surface area (Å²) in [6.07, 6.45) is 2.03. The molecule has 1 aromatic carbocycles. The van der Waals surface area contributed by atoms with Crippen molar-refractivity contribution in [2.75, 3.05) is 0 Å². The van der Waals surface area contributed by atoms with Gasteiger partial charge in [0.15, 0.2) is 0 Å². The van der Waals surface area contributed by atoms with Gasteiger partial charge in [-0.15, -0.1) is 0 Å². The highest BCUT2D eigenvalue weighted by molar-refractivity contribution is 5.38. The molecule has 0 saturated heterocycles. The van der Waals surface area contributed by atoms with Crippen molar-refractivity contribution in [2.24, 2.45) is 0 Å². The SMILES string of the molecule is CC.Cc1cc(F)c2c(c1)C(C)CC2. The third-order valence-electron chi connectivity index (χ3n) is 2.73. The second-order valence-corrected chi connectivity index (χ2v) is 3.75. The highest BCUT2D eigenvalue weighted by atomic mass is 19.1. The van der Waals surface area contributed by atoms with Gasteiger partial charge >= 0.3 is 0 Å². The van der Waals surface area contributed by atoms with E-state index in [1.807, 2.05) is 20.8 Å². The molecule has 0 aromatic heterocycles. The fourth-order valence-corrected chi connectivity index (χ4v) is 2.02. The van der Waals surface area contributed by atoms with Crippen molar-refractivity contribution in [3.05, 3.63) is 34.6 Å². The number of hydrogen-bond acceptors (Lipinski definition) is 0. The predicted molar refractivity (Wildman–Crippen MR) is 59.2 cm³/mol. The van der Waals surface area contributed by atoms with Crippen LogP contribution in [0.2, 0.25) is 0 Å². The summed E-state index contributed by atoms with van der Waals surface area (Å²) in [6.45, 7) is 8.12. The van der Waals surface area contributed by atoms with Gasteiger partial charge < -0.3 is 0 Å². The molecule has 14 heavy (non-hydrogen) atoms. The standard InChI is InChI=1S/C11H13F.C2H6/c1-7-5-10-8(2)3-4-9(10)11(12)6-7;1-2/h5-6,8H,3-4H2,1-2H3;1-2H3. The molecule has 1 aliphatic rings. The Morgan fingerprint density at radius 2 is 1.93 bits per heavy atom. The minimum absolute atomic E-state index is 0.00523. The summed E-state index contributed by atoms with van der Waals surface area (Å²) in [5.41, 5.74) is 3.22. The summed E-state index contributed by atoms with van der Waals surface area (Å²) >= 11 is 0. The van der Waals surface area contributed by atoms with Gasteiger partial charge in [-0.1, -0.05) is 26.8 Å². The second-order valence-electron chi connectivity index (χ2n) is 3.75. The summed E-state index contributed by atoms with van der Waals surface area (Å²) in [5.74, 6) is 0.545. The zero-order chi connectivity index (χ0) is 10.7. The molecule has 2 rings (SSSR count). The van der Waals surface area contributed by atoms with E-state index in [2.05, 4.69) is 13.0 Å². The van der Waals surface area contributed by atoms with Crippen LogP contribution in [0, 0.1) is 12.7 Å². The lowest BCUT2D eigenvalue weighted by atomic mass is 10.0. The van der Waals surface area contributed by atoms with Crippen LogP contribution < -0.4 is 0 Å². The van der Waals surface area contributed by atoms with Crippen molar-refractivity contribution < 1.29 is 4.39 Å². The van der Waals surface area contributed by atoms with Crippen LogP contribution in [-0.2, 0) is 6.42 Å². The summed E-state index contributed by atoms with van der Waals surface area (Å²) in [4.78, 5) is 0. The first kappa shape index (κ1) is 11.2. The highest BCUT2D eigenvalue weighted by Gasteiger charge is 2.21. The van der Waals surface area contributed by atoms with Crippen LogP contribution in [0.25, 0.3) is 0 Å². The molecule has 0 heterocycles. The van der Waals surface area contributed by atoms with Crippen molar-refractivity contribution in [1.29, 1.82) is 0 Å². The molecule has 0 spiro atoms. The third-order valence-corrected chi connectivity index (χ3v) is 2.73. The normalized spacial score (nSPS) is 18.5. The fraction of sp³-hybridized carbons (Fsp3) is 0.538. The predicted octanol–water partition coefficient (Wildman–Crippen LogP) is 4.21. The van der Waals surface area contributed by atoms with Gasteiger partial charge in [0.2, 0.25) is 0 Å². The summed E-state index contributed by atoms with van der Waals surface area (Å²) in [6, 6.07) is 3.76. The summed E-state index contributed by atoms with van der Waals surface area (Å²) in [5, 5.41) is 0. The van der Waals surface area contributed by atoms with Crippen molar-refractivity contribution in [3.63, 3.8) is 0 Å². The van der Waals surface area contributed by atoms with Crippen LogP contribution in [0.15, 0.2) is 12.1 Å². The molecule has 1 aliphatic carbocycles. The number of hydrogen-bond donors (Lipinski definition) is 0. The van der Waals surface area contributed by atoms with Crippen molar-refractivity contribution >= 4 is 0 Å². The van der Waals surface area contributed by atoms with Crippen LogP contribution in [0.1, 0.15) is 49.8 Å². The first-order valence-electron chi connectivity index (χ1n) is 5.47. The Hall–Kier alpha value is -0.850. The molecule has 0 N–H and O–H groups in total. The Morgan fingerprint density at radius 1 is 1.29 bits per heavy atom. The van der Waals surface area contributed by atoms with Crippen LogP contribution >= 0.6 is 0 Å². The summed E-state index contributed by atoms with van der Waals surface area (Å²) < 4.78 is 13.3. The lowest BCUT2D eigenvalue weighted by Crippen LogP contribution is -1.91. The molecule has 78 valence electrons. The Bertz CT molecular complexity index is 315. The van der Waals surface area contributed by atoms with Crippen molar-refractivity contribution in [2.45, 2.75) is 46.5 Å². The molecular weight excluding hydrogens is 175 g/mol. The molecule has 1 aromatic rings. The lowest BCUT2D eigenvalue weighted by molar-refractivity contribution is 0.611. The maximum atomic E-state index is 13.3. The molecule has 0 radical (unpaired) electrons. The van der Waals surface area contributed by atoms with E-state index in [1.165, 1.54) is 5.56 Å². The average Bonchev–Trinajstić information content (AvgIpc) is 2.52. The van der Waals surface area contributed by atoms with Gasteiger partial charge in [-0.25, -0.2) is 4.39 Å². The molecular formula is C13H19F. The maximum absolute atomic E-state index is 13.3. The van der Waals surface area contributed by atoms with E-state index in [-0.39, 0.29) is 5.82 Å². The number of rotatable bonds is 0. The van der Waals surface area contributed by atoms with Gasteiger partial charge in [0.1, 0.15) is 5.82 Å². The average molecular weight is 194 g/mol. The number of benzene rings is 1. The first-order valence-corrected chi connectivity index (χ1v) is 5.47. The van der Waals surface area contributed by atoms with Gasteiger partial charge in [0.25, 0.3) is 0 Å². The topological polar surface area (TPSA) is 0 Å². The first-order chi connectivity index (χ1) is 6.68. The van der Waals surface area contributed by atoms with E-state index in [0.717, 1.165) is 24.0 Å². The van der Waals surface area contributed by atoms with Crippen LogP contribution in [0.4, 0.5) is 4.39 Å². The molecule has 0 nitrogen and oxygen atoms in total. The van der Waals surface area contributed by atoms with E-state index in [4.69, 9.17) is 0 Å². The van der Waals surface area contributed by atoms with E-state index in [1.54, 1.807) is 6.07 Å². The van der Waals surface area contributed by atoms with Crippen LogP contribution in [0.3, 0.4) is 0 Å². The van der Waals surface area contributed by atoms with E-state index in [9.17, 15) is 4.39 Å². The summed E-state index contributed by atoms with van der Waals surface area (Å²) in [7, 11) is 0. The van der Waals surface area contributed by atoms with Crippen LogP contribution in [-0.4, -0.2) is 0 Å². The minimum Gasteiger partial charge on any atom is -0.207 e. The quantitative estimate of drug-likeness (QED) is 0.580. The molecule has 1 atom stereocenters. The number of fused-ring (bicyclic) bond motifs is 1. The van der Waals surface area contributed by atoms with E-state index < -0.39 is 0 Å². The molecule has 1 heteroatoms. The minimum atomic E-state index is -0.00523. The molecule has 1 unspecified atom stereocenters. The van der Waals surface area contributed by atoms with Gasteiger partial charge in [-0.05, 0) is 48.4 Å². The third kappa shape index (κ3) is 1.97. The van der Waals surface area contributed by atoms with E-state index >= 15 is 0 Å². The molecule has 0 fully saturated rings. The Balaban J connectivity index is 0.000000461. The zero-order valence-electron chi connectivity index (χ0n) is 9.52. The molecule has 0 amide bonds. The van der Waals surface area contributed by atoms with E-state index in [0.29, 0.717) is 5.92 Å². The van der Waals surface area contributed by atoms with Gasteiger partial charge in [0.05, 0.1) is 0 Å². The van der Waals surface area contributed by atoms with Gasteiger partial charge in [-0.2, -0.15) is 0 Å².